The number of azo groups is 2. The van der Waals surface area contributed by atoms with Crippen LogP contribution in [0.25, 0.3) is 17.0 Å². The number of carbonyl (C=O) groups excluding carboxylic acids is 1. The second-order valence-electron chi connectivity index (χ2n) is 8.75. The van der Waals surface area contributed by atoms with Crippen molar-refractivity contribution in [3.63, 3.8) is 0 Å². The van der Waals surface area contributed by atoms with Crippen molar-refractivity contribution in [1.82, 2.24) is 9.55 Å². The number of imidazole rings is 1. The van der Waals surface area contributed by atoms with E-state index in [1.807, 2.05) is 55.1 Å². The summed E-state index contributed by atoms with van der Waals surface area (Å²) >= 11 is 0.596. The predicted molar refractivity (Wildman–Crippen MR) is 149 cm³/mol. The van der Waals surface area contributed by atoms with Crippen LogP contribution in [-0.4, -0.2) is 50.2 Å². The standard InChI is InChI=1S/C28H26N6O4S/c1-5-38-28(35)21-15-24(30-16-18-7-6-8-20(13-18)26-29-11-12-33(26)3)34-27(31-21)25(17(2)32-34)19-9-10-22(37-4)23(14-19)39-36/h6-15H,5,16H2,1-4H3/p+1. The zero-order valence-corrected chi connectivity index (χ0v) is 22.8. The smallest absolute Gasteiger partial charge is 0.374 e. The molecule has 11 heteroatoms. The quantitative estimate of drug-likeness (QED) is 0.233. The zero-order chi connectivity index (χ0) is 27.5. The first-order chi connectivity index (χ1) is 18.9. The van der Waals surface area contributed by atoms with Crippen molar-refractivity contribution in [2.45, 2.75) is 25.3 Å². The normalized spacial score (nSPS) is 15.6. The van der Waals surface area contributed by atoms with Gasteiger partial charge in [0.05, 0.1) is 36.0 Å². The lowest BCUT2D eigenvalue weighted by Gasteiger charge is -2.11. The number of hydrogen-bond acceptors (Lipinski definition) is 9. The van der Waals surface area contributed by atoms with Gasteiger partial charge in [-0.3, -0.25) is 0 Å². The van der Waals surface area contributed by atoms with Gasteiger partial charge in [0, 0.05) is 37.0 Å². The number of aryl methyl sites for hydroxylation is 1. The maximum Gasteiger partial charge on any atom is 0.374 e. The average molecular weight is 544 g/mol. The van der Waals surface area contributed by atoms with Gasteiger partial charge < -0.3 is 18.6 Å². The van der Waals surface area contributed by atoms with E-state index in [4.69, 9.17) is 19.6 Å². The Morgan fingerprint density at radius 1 is 1.21 bits per heavy atom. The molecule has 0 saturated heterocycles. The van der Waals surface area contributed by atoms with Crippen LogP contribution >= 0.6 is 12.0 Å². The molecule has 10 nitrogen and oxygen atoms in total. The molecule has 0 fully saturated rings. The Bertz CT molecular complexity index is 1620. The summed E-state index contributed by atoms with van der Waals surface area (Å²) < 4.78 is 23.9. The van der Waals surface area contributed by atoms with Crippen LogP contribution < -0.4 is 4.74 Å². The van der Waals surface area contributed by atoms with Gasteiger partial charge in [0.25, 0.3) is 11.7 Å². The van der Waals surface area contributed by atoms with Gasteiger partial charge in [-0.1, -0.05) is 34.0 Å². The van der Waals surface area contributed by atoms with Crippen LogP contribution in [0.4, 0.5) is 0 Å². The number of allylic oxidation sites excluding steroid dienone is 1. The minimum atomic E-state index is -0.542. The molecule has 3 heterocycles. The van der Waals surface area contributed by atoms with E-state index in [2.05, 4.69) is 9.98 Å². The fraction of sp³-hybridized carbons (Fsp3) is 0.214. The lowest BCUT2D eigenvalue weighted by Crippen LogP contribution is -2.29. The third-order valence-corrected chi connectivity index (χ3v) is 6.73. The van der Waals surface area contributed by atoms with Crippen molar-refractivity contribution in [1.29, 1.82) is 0 Å². The number of fused-ring (bicyclic) bond motifs is 1. The summed E-state index contributed by atoms with van der Waals surface area (Å²) in [7, 11) is 3.49. The number of benzene rings is 2. The highest BCUT2D eigenvalue weighted by Gasteiger charge is 2.38. The molecule has 0 aliphatic carbocycles. The number of aromatic nitrogens is 2. The van der Waals surface area contributed by atoms with Gasteiger partial charge >= 0.3 is 5.97 Å². The number of nitrogens with zero attached hydrogens (tertiary/aromatic N) is 6. The van der Waals surface area contributed by atoms with Crippen LogP contribution in [-0.2, 0) is 23.1 Å². The molecule has 0 bridgehead atoms. The van der Waals surface area contributed by atoms with E-state index in [9.17, 15) is 9.35 Å². The van der Waals surface area contributed by atoms with Crippen molar-refractivity contribution in [3.05, 3.63) is 83.5 Å². The Balaban J connectivity index is 1.52. The number of rotatable bonds is 8. The Hall–Kier alpha value is -4.35. The van der Waals surface area contributed by atoms with Gasteiger partial charge in [0.15, 0.2) is 0 Å². The fourth-order valence-corrected chi connectivity index (χ4v) is 4.82. The number of hydrogen-bond donors (Lipinski definition) is 1. The Kier molecular flexibility index (Phi) is 7.53. The van der Waals surface area contributed by atoms with Crippen LogP contribution in [0.15, 0.2) is 92.3 Å². The average Bonchev–Trinajstić information content (AvgIpc) is 3.53. The van der Waals surface area contributed by atoms with Crippen LogP contribution in [0.2, 0.25) is 0 Å². The highest BCUT2D eigenvalue weighted by molar-refractivity contribution is 7.93. The molecule has 0 spiro atoms. The maximum absolute atomic E-state index is 12.7. The Morgan fingerprint density at radius 3 is 2.77 bits per heavy atom. The van der Waals surface area contributed by atoms with Crippen LogP contribution in [0, 0.1) is 0 Å². The van der Waals surface area contributed by atoms with Gasteiger partial charge in [-0.05, 0) is 43.2 Å². The molecular weight excluding hydrogens is 516 g/mol. The molecule has 0 saturated carbocycles. The SMILES string of the molecule is CCOC(=O)C1=CC(=NCc2cccc(-c3nccn3C)c2)[N+]2=NC(C)=C(c3ccc(OC)c(SO)c3)C2=N1. The van der Waals surface area contributed by atoms with Crippen molar-refractivity contribution in [3.8, 4) is 17.1 Å². The molecule has 2 aliphatic rings. The second-order valence-corrected chi connectivity index (χ2v) is 9.37. The fourth-order valence-electron chi connectivity index (χ4n) is 4.40. The lowest BCUT2D eigenvalue weighted by atomic mass is 10.0. The lowest BCUT2D eigenvalue weighted by molar-refractivity contribution is -0.345. The summed E-state index contributed by atoms with van der Waals surface area (Å²) in [6.07, 6.45) is 5.26. The van der Waals surface area contributed by atoms with Crippen LogP contribution in [0.5, 0.6) is 5.75 Å². The number of methoxy groups -OCH3 is 1. The third-order valence-electron chi connectivity index (χ3n) is 6.21. The topological polar surface area (TPSA) is 114 Å². The highest BCUT2D eigenvalue weighted by atomic mass is 32.2. The molecule has 2 aliphatic heterocycles. The first kappa shape index (κ1) is 26.3. The summed E-state index contributed by atoms with van der Waals surface area (Å²) in [6, 6.07) is 13.4. The van der Waals surface area contributed by atoms with Crippen molar-refractivity contribution in [2.24, 2.45) is 22.1 Å². The Morgan fingerprint density at radius 2 is 2.05 bits per heavy atom. The number of esters is 1. The van der Waals surface area contributed by atoms with Gasteiger partial charge in [-0.2, -0.15) is 0 Å². The molecular formula is C28H27N6O4S+. The van der Waals surface area contributed by atoms with Crippen molar-refractivity contribution in [2.75, 3.05) is 13.7 Å². The molecule has 3 aromatic rings. The van der Waals surface area contributed by atoms with Crippen molar-refractivity contribution < 1.29 is 23.5 Å². The number of amidine groups is 2. The molecule has 0 atom stereocenters. The van der Waals surface area contributed by atoms with Crippen molar-refractivity contribution >= 4 is 35.3 Å². The highest BCUT2D eigenvalue weighted by Crippen LogP contribution is 2.35. The summed E-state index contributed by atoms with van der Waals surface area (Å²) in [6.45, 7) is 4.18. The summed E-state index contributed by atoms with van der Waals surface area (Å²) in [5, 5.41) is 4.71. The van der Waals surface area contributed by atoms with E-state index in [0.717, 1.165) is 22.5 Å². The largest absolute Gasteiger partial charge is 0.495 e. The van der Waals surface area contributed by atoms with Gasteiger partial charge in [0.2, 0.25) is 5.70 Å². The molecule has 2 aromatic carbocycles. The van der Waals surface area contributed by atoms with E-state index in [1.165, 1.54) is 0 Å². The van der Waals surface area contributed by atoms with E-state index in [1.54, 1.807) is 43.1 Å². The molecule has 198 valence electrons. The van der Waals surface area contributed by atoms with Crippen LogP contribution in [0.1, 0.15) is 25.0 Å². The molecule has 0 radical (unpaired) electrons. The molecule has 39 heavy (non-hydrogen) atoms. The Labute approximate surface area is 230 Å². The predicted octanol–water partition coefficient (Wildman–Crippen LogP) is 5.33. The molecule has 0 unspecified atom stereocenters. The molecule has 0 amide bonds. The van der Waals surface area contributed by atoms with E-state index >= 15 is 0 Å². The molecule has 1 N–H and O–H groups in total. The van der Waals surface area contributed by atoms with Crippen LogP contribution in [0.3, 0.4) is 0 Å². The number of carbonyl (C=O) groups is 1. The summed E-state index contributed by atoms with van der Waals surface area (Å²) in [5.74, 6) is 1.78. The first-order valence-corrected chi connectivity index (χ1v) is 13.0. The minimum absolute atomic E-state index is 0.135. The van der Waals surface area contributed by atoms with Gasteiger partial charge in [-0.25, -0.2) is 9.78 Å². The number of aliphatic imine (C=N–C) groups is 2. The van der Waals surface area contributed by atoms with E-state index in [0.29, 0.717) is 52.2 Å². The minimum Gasteiger partial charge on any atom is -0.495 e. The zero-order valence-electron chi connectivity index (χ0n) is 22.0. The molecule has 5 rings (SSSR count). The summed E-state index contributed by atoms with van der Waals surface area (Å²) in [5.41, 5.74) is 4.26. The summed E-state index contributed by atoms with van der Waals surface area (Å²) in [4.78, 5) is 27.2. The van der Waals surface area contributed by atoms with E-state index < -0.39 is 5.97 Å². The number of ether oxygens (including phenoxy) is 2. The molecule has 1 aromatic heterocycles. The van der Waals surface area contributed by atoms with E-state index in [-0.39, 0.29) is 12.3 Å². The van der Waals surface area contributed by atoms with Gasteiger partial charge in [-0.15, -0.1) is 10.1 Å². The van der Waals surface area contributed by atoms with Gasteiger partial charge in [0.1, 0.15) is 18.1 Å². The third kappa shape index (κ3) is 5.18. The first-order valence-electron chi connectivity index (χ1n) is 12.2. The monoisotopic (exact) mass is 543 g/mol. The second kappa shape index (κ2) is 11.2. The maximum atomic E-state index is 12.7.